The molecule has 0 fully saturated rings. The Kier molecular flexibility index (Phi) is 9.20. The summed E-state index contributed by atoms with van der Waals surface area (Å²) in [6.07, 6.45) is 5.11. The summed E-state index contributed by atoms with van der Waals surface area (Å²) in [6, 6.07) is 8.75. The van der Waals surface area contributed by atoms with Crippen molar-refractivity contribution in [1.29, 1.82) is 0 Å². The molecule has 0 saturated heterocycles. The highest BCUT2D eigenvalue weighted by molar-refractivity contribution is 14.0. The van der Waals surface area contributed by atoms with Gasteiger partial charge >= 0.3 is 0 Å². The number of fused-ring (bicyclic) bond motifs is 1. The minimum atomic E-state index is 0. The lowest BCUT2D eigenvalue weighted by Gasteiger charge is -2.18. The molecule has 7 heteroatoms. The number of aromatic amines is 1. The molecule has 0 bridgehead atoms. The van der Waals surface area contributed by atoms with E-state index in [0.29, 0.717) is 0 Å². The number of nitrogens with zero attached hydrogens (tertiary/aromatic N) is 3. The van der Waals surface area contributed by atoms with Crippen molar-refractivity contribution >= 4 is 40.8 Å². The van der Waals surface area contributed by atoms with Crippen LogP contribution >= 0.6 is 24.0 Å². The van der Waals surface area contributed by atoms with Crippen LogP contribution < -0.4 is 10.6 Å². The Hall–Kier alpha value is -2.03. The van der Waals surface area contributed by atoms with Gasteiger partial charge in [0.05, 0.1) is 5.69 Å². The SMILES string of the molecule is CCNC(=NCCCc1c[nH]c2ccccc12)NC(C)Cc1c(C)nn(C)c1C.I. The van der Waals surface area contributed by atoms with E-state index in [1.165, 1.54) is 27.7 Å². The number of aromatic nitrogens is 3. The highest BCUT2D eigenvalue weighted by Crippen LogP contribution is 2.19. The van der Waals surface area contributed by atoms with Gasteiger partial charge in [-0.05, 0) is 64.2 Å². The third-order valence-electron chi connectivity index (χ3n) is 5.45. The van der Waals surface area contributed by atoms with Gasteiger partial charge in [0, 0.05) is 49.0 Å². The zero-order valence-electron chi connectivity index (χ0n) is 18.7. The summed E-state index contributed by atoms with van der Waals surface area (Å²) >= 11 is 0. The normalized spacial score (nSPS) is 12.6. The fourth-order valence-electron chi connectivity index (χ4n) is 3.82. The molecule has 3 rings (SSSR count). The fraction of sp³-hybridized carbons (Fsp3) is 0.478. The average Bonchev–Trinajstić information content (AvgIpc) is 3.21. The molecule has 0 spiro atoms. The van der Waals surface area contributed by atoms with Crippen LogP contribution in [0.1, 0.15) is 42.8 Å². The second-order valence-corrected chi connectivity index (χ2v) is 7.75. The van der Waals surface area contributed by atoms with Gasteiger partial charge in [-0.1, -0.05) is 18.2 Å². The molecule has 1 atom stereocenters. The van der Waals surface area contributed by atoms with E-state index in [2.05, 4.69) is 78.9 Å². The Bertz CT molecular complexity index is 971. The summed E-state index contributed by atoms with van der Waals surface area (Å²) in [6.45, 7) is 10.2. The molecule has 0 aliphatic heterocycles. The van der Waals surface area contributed by atoms with Gasteiger partial charge in [0.2, 0.25) is 0 Å². The number of hydrogen-bond acceptors (Lipinski definition) is 2. The van der Waals surface area contributed by atoms with Crippen molar-refractivity contribution in [3.63, 3.8) is 0 Å². The van der Waals surface area contributed by atoms with Crippen LogP contribution in [0.3, 0.4) is 0 Å². The third-order valence-corrected chi connectivity index (χ3v) is 5.45. The summed E-state index contributed by atoms with van der Waals surface area (Å²) in [5, 5.41) is 12.8. The van der Waals surface area contributed by atoms with Crippen molar-refractivity contribution in [2.24, 2.45) is 12.0 Å². The van der Waals surface area contributed by atoms with Gasteiger partial charge in [0.15, 0.2) is 5.96 Å². The second kappa shape index (κ2) is 11.4. The lowest BCUT2D eigenvalue weighted by molar-refractivity contribution is 0.634. The first-order valence-electron chi connectivity index (χ1n) is 10.6. The number of para-hydroxylation sites is 1. The minimum Gasteiger partial charge on any atom is -0.361 e. The largest absolute Gasteiger partial charge is 0.361 e. The van der Waals surface area contributed by atoms with Crippen LogP contribution in [0.5, 0.6) is 0 Å². The summed E-state index contributed by atoms with van der Waals surface area (Å²) in [4.78, 5) is 8.14. The topological polar surface area (TPSA) is 70.0 Å². The Morgan fingerprint density at radius 3 is 2.73 bits per heavy atom. The second-order valence-electron chi connectivity index (χ2n) is 7.75. The van der Waals surface area contributed by atoms with E-state index in [9.17, 15) is 0 Å². The monoisotopic (exact) mass is 522 g/mol. The molecule has 0 aliphatic rings. The van der Waals surface area contributed by atoms with Gasteiger partial charge in [-0.2, -0.15) is 5.10 Å². The van der Waals surface area contributed by atoms with E-state index >= 15 is 0 Å². The quantitative estimate of drug-likeness (QED) is 0.179. The molecular weight excluding hydrogens is 487 g/mol. The molecule has 30 heavy (non-hydrogen) atoms. The number of aryl methyl sites for hydroxylation is 3. The predicted octanol–water partition coefficient (Wildman–Crippen LogP) is 4.26. The first-order valence-corrected chi connectivity index (χ1v) is 10.6. The van der Waals surface area contributed by atoms with Crippen molar-refractivity contribution in [2.75, 3.05) is 13.1 Å². The molecule has 1 unspecified atom stereocenters. The highest BCUT2D eigenvalue weighted by atomic mass is 127. The lowest BCUT2D eigenvalue weighted by Crippen LogP contribution is -2.43. The van der Waals surface area contributed by atoms with Gasteiger partial charge < -0.3 is 15.6 Å². The lowest BCUT2D eigenvalue weighted by atomic mass is 10.1. The molecule has 164 valence electrons. The van der Waals surface area contributed by atoms with Crippen molar-refractivity contribution in [2.45, 2.75) is 53.0 Å². The average molecular weight is 522 g/mol. The molecule has 0 saturated carbocycles. The molecule has 6 nitrogen and oxygen atoms in total. The fourth-order valence-corrected chi connectivity index (χ4v) is 3.82. The minimum absolute atomic E-state index is 0. The van der Waals surface area contributed by atoms with Crippen LogP contribution in [0.2, 0.25) is 0 Å². The third kappa shape index (κ3) is 6.00. The van der Waals surface area contributed by atoms with Crippen molar-refractivity contribution < 1.29 is 0 Å². The molecule has 1 aromatic carbocycles. The zero-order valence-corrected chi connectivity index (χ0v) is 21.1. The summed E-state index contributed by atoms with van der Waals surface area (Å²) < 4.78 is 1.96. The standard InChI is InChI=1S/C23H34N6.HI/c1-6-24-23(27-16(2)14-21-17(3)28-29(5)18(21)4)25-13-9-10-19-15-26-22-12-8-7-11-20(19)22;/h7-8,11-12,15-16,26H,6,9-10,13-14H2,1-5H3,(H2,24,25,27);1H. The Morgan fingerprint density at radius 1 is 1.27 bits per heavy atom. The van der Waals surface area contributed by atoms with Gasteiger partial charge in [0.1, 0.15) is 0 Å². The van der Waals surface area contributed by atoms with Crippen molar-refractivity contribution in [3.8, 4) is 0 Å². The van der Waals surface area contributed by atoms with E-state index < -0.39 is 0 Å². The molecule has 0 radical (unpaired) electrons. The van der Waals surface area contributed by atoms with E-state index in [0.717, 1.165) is 44.0 Å². The van der Waals surface area contributed by atoms with E-state index in [1.807, 2.05) is 11.7 Å². The van der Waals surface area contributed by atoms with Gasteiger partial charge in [0.25, 0.3) is 0 Å². The maximum absolute atomic E-state index is 4.79. The first kappa shape index (κ1) is 24.2. The van der Waals surface area contributed by atoms with Crippen molar-refractivity contribution in [3.05, 3.63) is 53.0 Å². The summed E-state index contributed by atoms with van der Waals surface area (Å²) in [5.74, 6) is 0.887. The van der Waals surface area contributed by atoms with Gasteiger partial charge in [-0.25, -0.2) is 0 Å². The maximum Gasteiger partial charge on any atom is 0.191 e. The number of rotatable bonds is 8. The Labute approximate surface area is 197 Å². The van der Waals surface area contributed by atoms with Crippen LogP contribution in [-0.2, 0) is 19.9 Å². The maximum atomic E-state index is 4.79. The summed E-state index contributed by atoms with van der Waals surface area (Å²) in [7, 11) is 2.00. The number of H-pyrrole nitrogens is 1. The zero-order chi connectivity index (χ0) is 20.8. The molecule has 2 heterocycles. The molecule has 0 aliphatic carbocycles. The number of nitrogens with one attached hydrogen (secondary N) is 3. The number of halogens is 1. The number of benzene rings is 1. The highest BCUT2D eigenvalue weighted by Gasteiger charge is 2.14. The predicted molar refractivity (Wildman–Crippen MR) is 137 cm³/mol. The van der Waals surface area contributed by atoms with Gasteiger partial charge in [-0.15, -0.1) is 24.0 Å². The van der Waals surface area contributed by atoms with Crippen LogP contribution in [0.4, 0.5) is 0 Å². The van der Waals surface area contributed by atoms with E-state index in [4.69, 9.17) is 4.99 Å². The molecule has 0 amide bonds. The van der Waals surface area contributed by atoms with Crippen LogP contribution in [0.25, 0.3) is 10.9 Å². The molecule has 3 N–H and O–H groups in total. The van der Waals surface area contributed by atoms with Crippen LogP contribution in [-0.4, -0.2) is 39.9 Å². The first-order chi connectivity index (χ1) is 14.0. The Balaban J connectivity index is 0.00000320. The number of aliphatic imine (C=N–C) groups is 1. The van der Waals surface area contributed by atoms with Crippen LogP contribution in [0.15, 0.2) is 35.5 Å². The van der Waals surface area contributed by atoms with Crippen LogP contribution in [0, 0.1) is 13.8 Å². The summed E-state index contributed by atoms with van der Waals surface area (Å²) in [5.41, 5.74) is 6.24. The number of guanidine groups is 1. The molecule has 3 aromatic rings. The van der Waals surface area contributed by atoms with E-state index in [-0.39, 0.29) is 30.0 Å². The van der Waals surface area contributed by atoms with E-state index in [1.54, 1.807) is 0 Å². The van der Waals surface area contributed by atoms with Crippen molar-refractivity contribution in [1.82, 2.24) is 25.4 Å². The molecular formula is C23H35IN6. The Morgan fingerprint density at radius 2 is 2.03 bits per heavy atom. The number of hydrogen-bond donors (Lipinski definition) is 3. The molecule has 2 aromatic heterocycles. The smallest absolute Gasteiger partial charge is 0.191 e. The van der Waals surface area contributed by atoms with Gasteiger partial charge in [-0.3, -0.25) is 9.67 Å².